The Morgan fingerprint density at radius 2 is 0.889 bits per heavy atom. The van der Waals surface area contributed by atoms with E-state index in [1.54, 1.807) is 0 Å². The van der Waals surface area contributed by atoms with E-state index in [-0.39, 0.29) is 0 Å². The first-order valence-corrected chi connectivity index (χ1v) is 9.83. The summed E-state index contributed by atoms with van der Waals surface area (Å²) in [4.78, 5) is 0. The standard InChI is InChI=1S/C24H25N3/c1-4-10-19(11-5-1)16-22-25-23(17-20-12-6-2-7-13-20)27-24(26(22)27)18-21-14-8-3-9-15-21/h1-15,22-25H,16-18H2/t22-,23+,24?,26?,27?. The second-order valence-electron chi connectivity index (χ2n) is 7.51. The van der Waals surface area contributed by atoms with E-state index in [1.807, 2.05) is 0 Å². The Morgan fingerprint density at radius 1 is 0.519 bits per heavy atom. The Bertz CT molecular complexity index is 812. The van der Waals surface area contributed by atoms with Gasteiger partial charge in [0.2, 0.25) is 0 Å². The zero-order valence-electron chi connectivity index (χ0n) is 15.4. The molecule has 2 aliphatic rings. The Balaban J connectivity index is 1.34. The first kappa shape index (κ1) is 16.7. The smallest absolute Gasteiger partial charge is 0.0971 e. The summed E-state index contributed by atoms with van der Waals surface area (Å²) in [6.07, 6.45) is 4.39. The maximum atomic E-state index is 3.86. The molecule has 2 aliphatic heterocycles. The van der Waals surface area contributed by atoms with Crippen molar-refractivity contribution in [3.05, 3.63) is 108 Å². The summed E-state index contributed by atoms with van der Waals surface area (Å²) in [5.74, 6) is 0. The summed E-state index contributed by atoms with van der Waals surface area (Å²) in [7, 11) is 0. The van der Waals surface area contributed by atoms with Gasteiger partial charge in [0.25, 0.3) is 0 Å². The van der Waals surface area contributed by atoms with Gasteiger partial charge in [-0.15, -0.1) is 0 Å². The van der Waals surface area contributed by atoms with Gasteiger partial charge in [0.1, 0.15) is 0 Å². The van der Waals surface area contributed by atoms with Crippen LogP contribution in [-0.2, 0) is 19.3 Å². The maximum Gasteiger partial charge on any atom is 0.0971 e. The van der Waals surface area contributed by atoms with Crippen molar-refractivity contribution in [1.82, 2.24) is 15.3 Å². The van der Waals surface area contributed by atoms with E-state index < -0.39 is 0 Å². The Kier molecular flexibility index (Phi) is 4.50. The van der Waals surface area contributed by atoms with Crippen molar-refractivity contribution in [1.29, 1.82) is 0 Å². The fraction of sp³-hybridized carbons (Fsp3) is 0.250. The average Bonchev–Trinajstić information content (AvgIpc) is 3.31. The topological polar surface area (TPSA) is 18.0 Å². The zero-order valence-corrected chi connectivity index (χ0v) is 15.4. The van der Waals surface area contributed by atoms with Crippen LogP contribution in [0.15, 0.2) is 91.0 Å². The van der Waals surface area contributed by atoms with Crippen molar-refractivity contribution in [3.63, 3.8) is 0 Å². The minimum Gasteiger partial charge on any atom is -0.283 e. The summed E-state index contributed by atoms with van der Waals surface area (Å²) in [6, 6.07) is 32.5. The highest BCUT2D eigenvalue weighted by Crippen LogP contribution is 2.40. The van der Waals surface area contributed by atoms with Crippen LogP contribution in [0.2, 0.25) is 0 Å². The van der Waals surface area contributed by atoms with E-state index in [0.717, 1.165) is 19.3 Å². The molecule has 5 atom stereocenters. The number of rotatable bonds is 6. The molecule has 3 aromatic rings. The maximum absolute atomic E-state index is 3.86. The molecule has 1 N–H and O–H groups in total. The van der Waals surface area contributed by atoms with Gasteiger partial charge in [-0.25, -0.2) is 10.0 Å². The van der Waals surface area contributed by atoms with Crippen molar-refractivity contribution < 1.29 is 0 Å². The van der Waals surface area contributed by atoms with Crippen molar-refractivity contribution in [3.8, 4) is 0 Å². The summed E-state index contributed by atoms with van der Waals surface area (Å²) in [5.41, 5.74) is 4.19. The highest BCUT2D eigenvalue weighted by atomic mass is 15.9. The Labute approximate surface area is 161 Å². The molecule has 2 saturated heterocycles. The molecule has 0 aliphatic carbocycles. The predicted octanol–water partition coefficient (Wildman–Crippen LogP) is 3.83. The molecule has 0 saturated carbocycles. The number of benzene rings is 3. The van der Waals surface area contributed by atoms with Gasteiger partial charge in [-0.3, -0.25) is 5.32 Å². The first-order valence-electron chi connectivity index (χ1n) is 9.83. The average molecular weight is 355 g/mol. The second kappa shape index (κ2) is 7.28. The molecule has 3 nitrogen and oxygen atoms in total. The fourth-order valence-electron chi connectivity index (χ4n) is 4.34. The SMILES string of the molecule is c1ccc(CC2N3[C@H](Cc4ccccc4)N[C@H](Cc4ccccc4)N23)cc1. The lowest BCUT2D eigenvalue weighted by atomic mass is 10.1. The molecule has 0 bridgehead atoms. The summed E-state index contributed by atoms with van der Waals surface area (Å²) in [6.45, 7) is 0. The van der Waals surface area contributed by atoms with E-state index >= 15 is 0 Å². The molecule has 5 rings (SSSR count). The second-order valence-corrected chi connectivity index (χ2v) is 7.51. The largest absolute Gasteiger partial charge is 0.283 e. The number of fused-ring (bicyclic) bond motifs is 1. The van der Waals surface area contributed by atoms with Crippen molar-refractivity contribution >= 4 is 0 Å². The van der Waals surface area contributed by atoms with Crippen LogP contribution >= 0.6 is 0 Å². The Morgan fingerprint density at radius 3 is 1.30 bits per heavy atom. The van der Waals surface area contributed by atoms with Gasteiger partial charge < -0.3 is 0 Å². The third-order valence-electron chi connectivity index (χ3n) is 5.65. The number of hydrazine groups is 1. The zero-order chi connectivity index (χ0) is 18.1. The highest BCUT2D eigenvalue weighted by Gasteiger charge is 2.58. The molecular formula is C24H25N3. The number of nitrogens with zero attached hydrogens (tertiary/aromatic N) is 2. The summed E-state index contributed by atoms with van der Waals surface area (Å²) >= 11 is 0. The van der Waals surface area contributed by atoms with Crippen LogP contribution < -0.4 is 5.32 Å². The molecule has 136 valence electrons. The van der Waals surface area contributed by atoms with Crippen LogP contribution in [0.1, 0.15) is 16.7 Å². The number of nitrogens with one attached hydrogen (secondary N) is 1. The van der Waals surface area contributed by atoms with Crippen LogP contribution in [0, 0.1) is 0 Å². The van der Waals surface area contributed by atoms with Crippen LogP contribution in [0.25, 0.3) is 0 Å². The van der Waals surface area contributed by atoms with E-state index in [0.29, 0.717) is 18.5 Å². The molecule has 2 heterocycles. The molecule has 3 unspecified atom stereocenters. The van der Waals surface area contributed by atoms with Crippen LogP contribution in [0.3, 0.4) is 0 Å². The molecule has 27 heavy (non-hydrogen) atoms. The van der Waals surface area contributed by atoms with E-state index in [9.17, 15) is 0 Å². The molecule has 0 radical (unpaired) electrons. The molecule has 2 fully saturated rings. The minimum atomic E-state index is 0.370. The number of hydrogen-bond donors (Lipinski definition) is 1. The first-order chi connectivity index (χ1) is 13.4. The molecule has 3 heteroatoms. The van der Waals surface area contributed by atoms with Gasteiger partial charge in [0.15, 0.2) is 0 Å². The third-order valence-corrected chi connectivity index (χ3v) is 5.65. The Hall–Kier alpha value is -2.46. The van der Waals surface area contributed by atoms with E-state index in [1.165, 1.54) is 16.7 Å². The minimum absolute atomic E-state index is 0.370. The quantitative estimate of drug-likeness (QED) is 0.678. The normalized spacial score (nSPS) is 28.7. The van der Waals surface area contributed by atoms with Gasteiger partial charge in [-0.2, -0.15) is 0 Å². The van der Waals surface area contributed by atoms with Crippen molar-refractivity contribution in [2.24, 2.45) is 0 Å². The van der Waals surface area contributed by atoms with Gasteiger partial charge in [0, 0.05) is 19.3 Å². The van der Waals surface area contributed by atoms with Gasteiger partial charge in [0.05, 0.1) is 18.5 Å². The van der Waals surface area contributed by atoms with Crippen LogP contribution in [-0.4, -0.2) is 28.5 Å². The fourth-order valence-corrected chi connectivity index (χ4v) is 4.34. The van der Waals surface area contributed by atoms with E-state index in [4.69, 9.17) is 0 Å². The van der Waals surface area contributed by atoms with Gasteiger partial charge in [-0.05, 0) is 16.7 Å². The molecule has 0 aromatic heterocycles. The van der Waals surface area contributed by atoms with Crippen molar-refractivity contribution in [2.45, 2.75) is 37.8 Å². The lowest BCUT2D eigenvalue weighted by molar-refractivity contribution is 0.306. The molecular weight excluding hydrogens is 330 g/mol. The molecule has 0 spiro atoms. The highest BCUT2D eigenvalue weighted by molar-refractivity contribution is 5.22. The molecule has 0 amide bonds. The molecule has 3 aromatic carbocycles. The lowest BCUT2D eigenvalue weighted by Gasteiger charge is -2.20. The number of hydrogen-bond acceptors (Lipinski definition) is 3. The summed E-state index contributed by atoms with van der Waals surface area (Å²) in [5, 5.41) is 8.95. The predicted molar refractivity (Wildman–Crippen MR) is 109 cm³/mol. The van der Waals surface area contributed by atoms with Crippen LogP contribution in [0.4, 0.5) is 0 Å². The van der Waals surface area contributed by atoms with Crippen molar-refractivity contribution in [2.75, 3.05) is 0 Å². The third kappa shape index (κ3) is 3.54. The van der Waals surface area contributed by atoms with Gasteiger partial charge >= 0.3 is 0 Å². The van der Waals surface area contributed by atoms with Crippen LogP contribution in [0.5, 0.6) is 0 Å². The summed E-state index contributed by atoms with van der Waals surface area (Å²) < 4.78 is 0. The van der Waals surface area contributed by atoms with E-state index in [2.05, 4.69) is 106 Å². The lowest BCUT2D eigenvalue weighted by Crippen LogP contribution is -2.42. The van der Waals surface area contributed by atoms with Gasteiger partial charge in [-0.1, -0.05) is 91.0 Å². The monoisotopic (exact) mass is 355 g/mol.